The van der Waals surface area contributed by atoms with E-state index in [9.17, 15) is 0 Å². The van der Waals surface area contributed by atoms with E-state index in [1.54, 1.807) is 12.5 Å². The molecule has 5 nitrogen and oxygen atoms in total. The summed E-state index contributed by atoms with van der Waals surface area (Å²) in [6.45, 7) is 1.56. The number of ether oxygens (including phenoxy) is 1. The van der Waals surface area contributed by atoms with Gasteiger partial charge in [-0.3, -0.25) is 0 Å². The zero-order valence-corrected chi connectivity index (χ0v) is 14.2. The van der Waals surface area contributed by atoms with Gasteiger partial charge in [-0.05, 0) is 48.9 Å². The molecule has 1 aliphatic rings. The van der Waals surface area contributed by atoms with Crippen molar-refractivity contribution in [2.45, 2.75) is 31.8 Å². The predicted molar refractivity (Wildman–Crippen MR) is 98.5 cm³/mol. The van der Waals surface area contributed by atoms with Crippen LogP contribution in [-0.4, -0.2) is 28.1 Å². The largest absolute Gasteiger partial charge is 0.373 e. The van der Waals surface area contributed by atoms with E-state index >= 15 is 0 Å². The second kappa shape index (κ2) is 7.57. The summed E-state index contributed by atoms with van der Waals surface area (Å²) in [5.74, 6) is 0.834. The van der Waals surface area contributed by atoms with Gasteiger partial charge in [0.05, 0.1) is 11.5 Å². The number of anilines is 1. The van der Waals surface area contributed by atoms with Crippen LogP contribution in [0.25, 0.3) is 11.0 Å². The maximum Gasteiger partial charge on any atom is 0.164 e. The van der Waals surface area contributed by atoms with Gasteiger partial charge in [0.15, 0.2) is 5.65 Å². The maximum absolute atomic E-state index is 6.15. The zero-order valence-electron chi connectivity index (χ0n) is 14.2. The summed E-state index contributed by atoms with van der Waals surface area (Å²) in [5.41, 5.74) is 3.53. The number of nitrogens with one attached hydrogen (secondary N) is 1. The van der Waals surface area contributed by atoms with Crippen LogP contribution in [0.4, 0.5) is 5.82 Å². The molecule has 0 saturated heterocycles. The van der Waals surface area contributed by atoms with Gasteiger partial charge in [-0.2, -0.15) is 0 Å². The number of rotatable bonds is 6. The van der Waals surface area contributed by atoms with E-state index < -0.39 is 0 Å². The normalized spacial score (nSPS) is 16.6. The zero-order chi connectivity index (χ0) is 16.9. The predicted octanol–water partition coefficient (Wildman–Crippen LogP) is 3.92. The van der Waals surface area contributed by atoms with Crippen molar-refractivity contribution >= 4 is 16.9 Å². The van der Waals surface area contributed by atoms with Crippen molar-refractivity contribution in [1.82, 2.24) is 15.0 Å². The highest BCUT2D eigenvalue weighted by atomic mass is 16.5. The highest BCUT2D eigenvalue weighted by Gasteiger charge is 2.19. The number of aromatic nitrogens is 3. The van der Waals surface area contributed by atoms with Crippen molar-refractivity contribution in [3.8, 4) is 0 Å². The third-order valence-electron chi connectivity index (χ3n) is 4.66. The van der Waals surface area contributed by atoms with Crippen molar-refractivity contribution in [2.24, 2.45) is 0 Å². The molecule has 128 valence electrons. The molecule has 1 N–H and O–H groups in total. The molecule has 1 atom stereocenters. The Hall–Kier alpha value is -2.53. The Labute approximate surface area is 147 Å². The minimum atomic E-state index is 0.244. The van der Waals surface area contributed by atoms with Crippen LogP contribution in [0.1, 0.15) is 36.5 Å². The summed E-state index contributed by atoms with van der Waals surface area (Å²) < 4.78 is 6.15. The van der Waals surface area contributed by atoms with Crippen molar-refractivity contribution in [2.75, 3.05) is 18.5 Å². The Morgan fingerprint density at radius 1 is 1.08 bits per heavy atom. The Kier molecular flexibility index (Phi) is 4.84. The number of fused-ring (bicyclic) bond motifs is 2. The molecule has 25 heavy (non-hydrogen) atoms. The van der Waals surface area contributed by atoms with Crippen LogP contribution in [0.2, 0.25) is 0 Å². The van der Waals surface area contributed by atoms with Crippen molar-refractivity contribution < 1.29 is 4.74 Å². The Bertz CT molecular complexity index is 846. The number of nitrogens with zero attached hydrogens (tertiary/aromatic N) is 3. The van der Waals surface area contributed by atoms with Gasteiger partial charge in [0.2, 0.25) is 0 Å². The standard InChI is InChI=1S/C20H22N4O/c1-2-8-16-15(6-1)7-3-10-18(16)25-13-5-12-22-20-17-9-4-11-21-19(17)23-14-24-20/h1-2,4,6,8-9,11,14,18H,3,5,7,10,12-13H2,(H,21,22,23,24). The van der Waals surface area contributed by atoms with Gasteiger partial charge in [-0.25, -0.2) is 15.0 Å². The van der Waals surface area contributed by atoms with Gasteiger partial charge in [0.25, 0.3) is 0 Å². The molecule has 4 rings (SSSR count). The van der Waals surface area contributed by atoms with E-state index in [4.69, 9.17) is 4.74 Å². The number of pyridine rings is 1. The van der Waals surface area contributed by atoms with Crippen molar-refractivity contribution in [1.29, 1.82) is 0 Å². The third-order valence-corrected chi connectivity index (χ3v) is 4.66. The summed E-state index contributed by atoms with van der Waals surface area (Å²) in [5, 5.41) is 4.32. The minimum absolute atomic E-state index is 0.244. The monoisotopic (exact) mass is 334 g/mol. The molecule has 0 spiro atoms. The van der Waals surface area contributed by atoms with Crippen molar-refractivity contribution in [3.05, 3.63) is 60.0 Å². The highest BCUT2D eigenvalue weighted by Crippen LogP contribution is 2.32. The molecule has 1 unspecified atom stereocenters. The summed E-state index contributed by atoms with van der Waals surface area (Å²) in [7, 11) is 0. The first-order chi connectivity index (χ1) is 12.4. The number of benzene rings is 1. The van der Waals surface area contributed by atoms with E-state index in [1.165, 1.54) is 24.0 Å². The maximum atomic E-state index is 6.15. The number of aryl methyl sites for hydroxylation is 1. The fraction of sp³-hybridized carbons (Fsp3) is 0.350. The fourth-order valence-electron chi connectivity index (χ4n) is 3.42. The van der Waals surface area contributed by atoms with Crippen LogP contribution in [0.15, 0.2) is 48.9 Å². The van der Waals surface area contributed by atoms with Gasteiger partial charge >= 0.3 is 0 Å². The van der Waals surface area contributed by atoms with Gasteiger partial charge in [0.1, 0.15) is 12.1 Å². The topological polar surface area (TPSA) is 59.9 Å². The quantitative estimate of drug-likeness (QED) is 0.692. The Morgan fingerprint density at radius 2 is 2.04 bits per heavy atom. The third kappa shape index (κ3) is 3.61. The second-order valence-electron chi connectivity index (χ2n) is 6.33. The molecule has 5 heteroatoms. The molecule has 0 aliphatic heterocycles. The molecule has 0 radical (unpaired) electrons. The Morgan fingerprint density at radius 3 is 3.04 bits per heavy atom. The van der Waals surface area contributed by atoms with Crippen LogP contribution in [0, 0.1) is 0 Å². The molecule has 0 saturated carbocycles. The molecular formula is C20H22N4O. The van der Waals surface area contributed by atoms with E-state index in [-0.39, 0.29) is 6.10 Å². The van der Waals surface area contributed by atoms with Gasteiger partial charge in [-0.15, -0.1) is 0 Å². The first-order valence-corrected chi connectivity index (χ1v) is 8.91. The lowest BCUT2D eigenvalue weighted by molar-refractivity contribution is 0.0406. The lowest BCUT2D eigenvalue weighted by Gasteiger charge is -2.25. The van der Waals surface area contributed by atoms with Gasteiger partial charge in [-0.1, -0.05) is 24.3 Å². The first-order valence-electron chi connectivity index (χ1n) is 8.91. The van der Waals surface area contributed by atoms with Crippen LogP contribution < -0.4 is 5.32 Å². The van der Waals surface area contributed by atoms with Crippen LogP contribution in [-0.2, 0) is 11.2 Å². The van der Waals surface area contributed by atoms with Gasteiger partial charge < -0.3 is 10.1 Å². The molecule has 1 aliphatic carbocycles. The SMILES string of the molecule is c1ccc2c(c1)CCCC2OCCCNc1ncnc2ncccc12. The molecule has 2 aromatic heterocycles. The van der Waals surface area contributed by atoms with Crippen LogP contribution in [0.3, 0.4) is 0 Å². The van der Waals surface area contributed by atoms with Crippen LogP contribution in [0.5, 0.6) is 0 Å². The number of hydrogen-bond donors (Lipinski definition) is 1. The van der Waals surface area contributed by atoms with E-state index in [1.807, 2.05) is 12.1 Å². The first kappa shape index (κ1) is 16.0. The molecule has 0 bridgehead atoms. The summed E-state index contributed by atoms with van der Waals surface area (Å²) in [6.07, 6.45) is 7.97. The average Bonchev–Trinajstić information content (AvgIpc) is 2.68. The number of hydrogen-bond acceptors (Lipinski definition) is 5. The van der Waals surface area contributed by atoms with Crippen molar-refractivity contribution in [3.63, 3.8) is 0 Å². The van der Waals surface area contributed by atoms with E-state index in [0.717, 1.165) is 42.8 Å². The summed E-state index contributed by atoms with van der Waals surface area (Å²) in [6, 6.07) is 12.5. The summed E-state index contributed by atoms with van der Waals surface area (Å²) >= 11 is 0. The molecule has 3 aromatic rings. The second-order valence-corrected chi connectivity index (χ2v) is 6.33. The molecule has 2 heterocycles. The summed E-state index contributed by atoms with van der Waals surface area (Å²) in [4.78, 5) is 12.8. The minimum Gasteiger partial charge on any atom is -0.373 e. The van der Waals surface area contributed by atoms with Crippen LogP contribution >= 0.6 is 0 Å². The molecule has 1 aromatic carbocycles. The Balaban J connectivity index is 1.29. The highest BCUT2D eigenvalue weighted by molar-refractivity contribution is 5.85. The smallest absolute Gasteiger partial charge is 0.164 e. The molecule has 0 amide bonds. The van der Waals surface area contributed by atoms with E-state index in [2.05, 4.69) is 44.5 Å². The van der Waals surface area contributed by atoms with Gasteiger partial charge in [0, 0.05) is 19.3 Å². The lowest BCUT2D eigenvalue weighted by Crippen LogP contribution is -2.15. The lowest BCUT2D eigenvalue weighted by atomic mass is 9.89. The van der Waals surface area contributed by atoms with E-state index in [0.29, 0.717) is 0 Å². The molecular weight excluding hydrogens is 312 g/mol. The fourth-order valence-corrected chi connectivity index (χ4v) is 3.42. The average molecular weight is 334 g/mol. The molecule has 0 fully saturated rings.